The van der Waals surface area contributed by atoms with Crippen LogP contribution in [0.15, 0.2) is 29.4 Å². The Hall–Kier alpha value is -2.95. The van der Waals surface area contributed by atoms with Crippen molar-refractivity contribution < 1.29 is 13.6 Å². The summed E-state index contributed by atoms with van der Waals surface area (Å²) in [7, 11) is 0. The summed E-state index contributed by atoms with van der Waals surface area (Å²) < 4.78 is 29.7. The van der Waals surface area contributed by atoms with Gasteiger partial charge in [-0.25, -0.2) is 18.1 Å². The first-order valence-electron chi connectivity index (χ1n) is 7.93. The summed E-state index contributed by atoms with van der Waals surface area (Å²) in [6, 6.07) is 4.70. The first kappa shape index (κ1) is 18.8. The van der Waals surface area contributed by atoms with Crippen molar-refractivity contribution in [3.05, 3.63) is 47.3 Å². The number of halogens is 2. The van der Waals surface area contributed by atoms with Crippen LogP contribution in [0.2, 0.25) is 0 Å². The zero-order valence-corrected chi connectivity index (χ0v) is 15.6. The van der Waals surface area contributed by atoms with E-state index >= 15 is 0 Å². The van der Waals surface area contributed by atoms with Crippen molar-refractivity contribution in [3.63, 3.8) is 0 Å². The predicted molar refractivity (Wildman–Crippen MR) is 97.1 cm³/mol. The summed E-state index contributed by atoms with van der Waals surface area (Å²) in [5.74, 6) is 4.42. The molecule has 27 heavy (non-hydrogen) atoms. The number of carbonyl (C=O) groups excluding carboxylic acids is 1. The second kappa shape index (κ2) is 7.35. The molecule has 0 aliphatic carbocycles. The highest BCUT2D eigenvalue weighted by Crippen LogP contribution is 2.24. The van der Waals surface area contributed by atoms with E-state index in [2.05, 4.69) is 20.6 Å². The van der Waals surface area contributed by atoms with Crippen LogP contribution in [0.1, 0.15) is 18.3 Å². The number of nitrogen functional groups attached to an aromatic ring is 1. The third-order valence-electron chi connectivity index (χ3n) is 3.68. The normalized spacial score (nSPS) is 12.2. The van der Waals surface area contributed by atoms with Gasteiger partial charge in [0.05, 0.1) is 16.6 Å². The van der Waals surface area contributed by atoms with Crippen molar-refractivity contribution in [1.29, 1.82) is 0 Å². The zero-order valence-electron chi connectivity index (χ0n) is 14.8. The fourth-order valence-electron chi connectivity index (χ4n) is 2.36. The molecular formula is C16H17F2N7OS. The molecule has 1 unspecified atom stereocenters. The molecule has 3 N–H and O–H groups in total. The number of thioether (sulfide) groups is 1. The molecule has 2 aromatic heterocycles. The van der Waals surface area contributed by atoms with Gasteiger partial charge >= 0.3 is 0 Å². The van der Waals surface area contributed by atoms with Gasteiger partial charge in [-0.15, -0.1) is 10.2 Å². The number of anilines is 1. The molecule has 11 heteroatoms. The highest BCUT2D eigenvalue weighted by Gasteiger charge is 2.22. The first-order chi connectivity index (χ1) is 12.8. The van der Waals surface area contributed by atoms with Crippen molar-refractivity contribution in [2.75, 3.05) is 11.2 Å². The summed E-state index contributed by atoms with van der Waals surface area (Å²) in [5, 5.41) is 14.2. The number of hydrogen-bond donors (Lipinski definition) is 2. The average Bonchev–Trinajstić information content (AvgIpc) is 3.12. The van der Waals surface area contributed by atoms with Crippen LogP contribution in [-0.2, 0) is 4.79 Å². The largest absolute Gasteiger partial charge is 0.334 e. The summed E-state index contributed by atoms with van der Waals surface area (Å²) in [6.45, 7) is 5.29. The van der Waals surface area contributed by atoms with Crippen LogP contribution < -0.4 is 11.2 Å². The van der Waals surface area contributed by atoms with Gasteiger partial charge in [0, 0.05) is 11.8 Å². The zero-order chi connectivity index (χ0) is 19.7. The Balaban J connectivity index is 1.74. The van der Waals surface area contributed by atoms with Crippen molar-refractivity contribution in [2.45, 2.75) is 31.2 Å². The van der Waals surface area contributed by atoms with Crippen LogP contribution in [0.5, 0.6) is 0 Å². The molecule has 0 aliphatic heterocycles. The van der Waals surface area contributed by atoms with Gasteiger partial charge in [0.15, 0.2) is 0 Å². The number of rotatable bonds is 5. The molecule has 1 atom stereocenters. The number of nitrogens with two attached hydrogens (primary N) is 1. The Bertz CT molecular complexity index is 1000. The third-order valence-corrected chi connectivity index (χ3v) is 4.74. The molecule has 142 valence electrons. The number of hydrogen-bond acceptors (Lipinski definition) is 6. The first-order valence-corrected chi connectivity index (χ1v) is 8.81. The van der Waals surface area contributed by atoms with E-state index in [9.17, 15) is 13.6 Å². The molecule has 3 aromatic rings. The molecule has 0 saturated carbocycles. The van der Waals surface area contributed by atoms with Crippen molar-refractivity contribution in [2.24, 2.45) is 0 Å². The molecular weight excluding hydrogens is 376 g/mol. The maximum Gasteiger partial charge on any atom is 0.271 e. The molecule has 0 aliphatic rings. The van der Waals surface area contributed by atoms with Crippen molar-refractivity contribution >= 4 is 23.4 Å². The van der Waals surface area contributed by atoms with Crippen LogP contribution in [-0.4, -0.2) is 35.8 Å². The number of nitrogens with zero attached hydrogens (tertiary/aromatic N) is 5. The SMILES string of the molecule is Cc1cc(C)n(-c2nnc(SC(C)C(=O)Nc3cc(F)ccc3F)n2N)n1. The van der Waals surface area contributed by atoms with Gasteiger partial charge in [-0.3, -0.25) is 4.79 Å². The number of benzene rings is 1. The van der Waals surface area contributed by atoms with E-state index in [-0.39, 0.29) is 10.8 Å². The fraction of sp³-hybridized carbons (Fsp3) is 0.250. The number of carbonyl (C=O) groups is 1. The lowest BCUT2D eigenvalue weighted by Gasteiger charge is -2.12. The second-order valence-electron chi connectivity index (χ2n) is 5.86. The van der Waals surface area contributed by atoms with E-state index in [0.29, 0.717) is 5.95 Å². The second-order valence-corrected chi connectivity index (χ2v) is 7.17. The highest BCUT2D eigenvalue weighted by atomic mass is 32.2. The molecule has 2 heterocycles. The van der Waals surface area contributed by atoms with Crippen LogP contribution in [0.25, 0.3) is 5.95 Å². The van der Waals surface area contributed by atoms with Crippen LogP contribution in [0, 0.1) is 25.5 Å². The Morgan fingerprint density at radius 3 is 2.67 bits per heavy atom. The Kier molecular flexibility index (Phi) is 5.13. The van der Waals surface area contributed by atoms with Crippen LogP contribution >= 0.6 is 11.8 Å². The van der Waals surface area contributed by atoms with E-state index in [1.54, 1.807) is 11.6 Å². The topological polar surface area (TPSA) is 104 Å². The molecule has 1 aromatic carbocycles. The van der Waals surface area contributed by atoms with Gasteiger partial charge in [0.1, 0.15) is 11.6 Å². The van der Waals surface area contributed by atoms with E-state index in [4.69, 9.17) is 5.84 Å². The monoisotopic (exact) mass is 393 g/mol. The molecule has 0 radical (unpaired) electrons. The third kappa shape index (κ3) is 3.92. The van der Waals surface area contributed by atoms with Gasteiger partial charge in [-0.05, 0) is 39.0 Å². The van der Waals surface area contributed by atoms with Crippen molar-refractivity contribution in [1.82, 2.24) is 24.7 Å². The maximum absolute atomic E-state index is 13.7. The highest BCUT2D eigenvalue weighted by molar-refractivity contribution is 8.00. The predicted octanol–water partition coefficient (Wildman–Crippen LogP) is 2.19. The van der Waals surface area contributed by atoms with Gasteiger partial charge in [-0.2, -0.15) is 5.10 Å². The smallest absolute Gasteiger partial charge is 0.271 e. The van der Waals surface area contributed by atoms with E-state index in [1.807, 2.05) is 19.9 Å². The molecule has 0 spiro atoms. The number of amides is 1. The summed E-state index contributed by atoms with van der Waals surface area (Å²) in [5.41, 5.74) is 1.40. The lowest BCUT2D eigenvalue weighted by atomic mass is 10.3. The van der Waals surface area contributed by atoms with Gasteiger partial charge in [-0.1, -0.05) is 11.8 Å². The summed E-state index contributed by atoms with van der Waals surface area (Å²) >= 11 is 1.03. The fourth-order valence-corrected chi connectivity index (χ4v) is 3.13. The molecule has 0 fully saturated rings. The summed E-state index contributed by atoms with van der Waals surface area (Å²) in [6.07, 6.45) is 0. The molecule has 0 saturated heterocycles. The molecule has 3 rings (SSSR count). The standard InChI is InChI=1S/C16H17F2N7OS/c1-8-6-9(2)25(23-8)15-21-22-16(24(15)19)27-10(3)14(26)20-13-7-11(17)4-5-12(13)18/h4-7,10H,19H2,1-3H3,(H,20,26). The Labute approximate surface area is 157 Å². The van der Waals surface area contributed by atoms with E-state index in [0.717, 1.165) is 41.3 Å². The van der Waals surface area contributed by atoms with Crippen LogP contribution in [0.4, 0.5) is 14.5 Å². The minimum atomic E-state index is -0.726. The number of aromatic nitrogens is 5. The molecule has 8 nitrogen and oxygen atoms in total. The van der Waals surface area contributed by atoms with Crippen LogP contribution in [0.3, 0.4) is 0 Å². The molecule has 0 bridgehead atoms. The van der Waals surface area contributed by atoms with Gasteiger partial charge < -0.3 is 11.2 Å². The van der Waals surface area contributed by atoms with Gasteiger partial charge in [0.2, 0.25) is 11.1 Å². The van der Waals surface area contributed by atoms with Crippen molar-refractivity contribution in [3.8, 4) is 5.95 Å². The Morgan fingerprint density at radius 1 is 1.26 bits per heavy atom. The molecule has 1 amide bonds. The minimum absolute atomic E-state index is 0.231. The number of nitrogens with one attached hydrogen (secondary N) is 1. The minimum Gasteiger partial charge on any atom is -0.334 e. The number of aryl methyl sites for hydroxylation is 2. The quantitative estimate of drug-likeness (QED) is 0.509. The van der Waals surface area contributed by atoms with E-state index in [1.165, 1.54) is 4.68 Å². The lowest BCUT2D eigenvalue weighted by Crippen LogP contribution is -2.24. The van der Waals surface area contributed by atoms with Gasteiger partial charge in [0.25, 0.3) is 5.95 Å². The lowest BCUT2D eigenvalue weighted by molar-refractivity contribution is -0.115. The maximum atomic E-state index is 13.7. The van der Waals surface area contributed by atoms with E-state index < -0.39 is 22.8 Å². The average molecular weight is 393 g/mol. The summed E-state index contributed by atoms with van der Waals surface area (Å²) in [4.78, 5) is 12.3. The Morgan fingerprint density at radius 2 is 2.00 bits per heavy atom.